The van der Waals surface area contributed by atoms with Gasteiger partial charge in [-0.3, -0.25) is 0 Å². The molecular formula is C12H21N5O. The fourth-order valence-electron chi connectivity index (χ4n) is 2.19. The van der Waals surface area contributed by atoms with Gasteiger partial charge in [-0.05, 0) is 18.3 Å². The predicted octanol–water partition coefficient (Wildman–Crippen LogP) is 1.48. The van der Waals surface area contributed by atoms with Crippen molar-refractivity contribution in [1.82, 2.24) is 15.0 Å². The van der Waals surface area contributed by atoms with Crippen molar-refractivity contribution in [2.24, 2.45) is 5.41 Å². The van der Waals surface area contributed by atoms with E-state index in [9.17, 15) is 0 Å². The molecule has 1 aromatic heterocycles. The van der Waals surface area contributed by atoms with Gasteiger partial charge in [-0.2, -0.15) is 15.0 Å². The summed E-state index contributed by atoms with van der Waals surface area (Å²) in [5, 5.41) is 0. The number of nitrogens with zero attached hydrogens (tertiary/aromatic N) is 4. The Morgan fingerprint density at radius 1 is 1.28 bits per heavy atom. The van der Waals surface area contributed by atoms with Crippen LogP contribution in [-0.4, -0.2) is 35.2 Å². The molecule has 6 heteroatoms. The van der Waals surface area contributed by atoms with Gasteiger partial charge in [-0.1, -0.05) is 20.3 Å². The third-order valence-corrected chi connectivity index (χ3v) is 3.91. The van der Waals surface area contributed by atoms with Crippen LogP contribution >= 0.6 is 0 Å². The van der Waals surface area contributed by atoms with E-state index in [-0.39, 0.29) is 12.0 Å². The lowest BCUT2D eigenvalue weighted by Gasteiger charge is -2.38. The van der Waals surface area contributed by atoms with Crippen molar-refractivity contribution in [3.05, 3.63) is 0 Å². The molecule has 0 aliphatic carbocycles. The Bertz CT molecular complexity index is 415. The van der Waals surface area contributed by atoms with Gasteiger partial charge in [0.05, 0.1) is 7.11 Å². The Morgan fingerprint density at radius 2 is 1.94 bits per heavy atom. The topological polar surface area (TPSA) is 77.2 Å². The molecular weight excluding hydrogens is 230 g/mol. The lowest BCUT2D eigenvalue weighted by Crippen LogP contribution is -2.39. The number of methoxy groups -OCH3 is 1. The fourth-order valence-corrected chi connectivity index (χ4v) is 2.19. The van der Waals surface area contributed by atoms with Gasteiger partial charge < -0.3 is 15.4 Å². The number of hydrogen-bond acceptors (Lipinski definition) is 6. The third kappa shape index (κ3) is 2.63. The van der Waals surface area contributed by atoms with Crippen LogP contribution in [0.5, 0.6) is 6.01 Å². The van der Waals surface area contributed by atoms with Crippen molar-refractivity contribution >= 4 is 11.9 Å². The summed E-state index contributed by atoms with van der Waals surface area (Å²) >= 11 is 0. The maximum atomic E-state index is 5.65. The Labute approximate surface area is 108 Å². The monoisotopic (exact) mass is 251 g/mol. The molecule has 2 heterocycles. The quantitative estimate of drug-likeness (QED) is 0.876. The maximum absolute atomic E-state index is 5.65. The molecule has 0 amide bonds. The first kappa shape index (κ1) is 12.9. The van der Waals surface area contributed by atoms with E-state index >= 15 is 0 Å². The van der Waals surface area contributed by atoms with E-state index in [1.165, 1.54) is 13.5 Å². The minimum absolute atomic E-state index is 0.209. The normalized spacial score (nSPS) is 18.7. The largest absolute Gasteiger partial charge is 0.467 e. The van der Waals surface area contributed by atoms with E-state index in [1.54, 1.807) is 0 Å². The standard InChI is InChI=1S/C12H21N5O/c1-4-12(2)5-7-17(8-6-12)10-14-9(13)15-11(16-10)18-3/h4-8H2,1-3H3,(H2,13,14,15,16). The van der Waals surface area contributed by atoms with Crippen molar-refractivity contribution in [2.45, 2.75) is 33.1 Å². The maximum Gasteiger partial charge on any atom is 0.322 e. The number of aromatic nitrogens is 3. The molecule has 1 aromatic rings. The Kier molecular flexibility index (Phi) is 3.54. The summed E-state index contributed by atoms with van der Waals surface area (Å²) in [6, 6.07) is 0.279. The summed E-state index contributed by atoms with van der Waals surface area (Å²) in [7, 11) is 1.53. The van der Waals surface area contributed by atoms with Crippen LogP contribution in [0.4, 0.5) is 11.9 Å². The number of piperidine rings is 1. The number of nitrogens with two attached hydrogens (primary N) is 1. The van der Waals surface area contributed by atoms with Crippen molar-refractivity contribution in [3.63, 3.8) is 0 Å². The average molecular weight is 251 g/mol. The van der Waals surface area contributed by atoms with E-state index < -0.39 is 0 Å². The van der Waals surface area contributed by atoms with Crippen LogP contribution in [0.3, 0.4) is 0 Å². The highest BCUT2D eigenvalue weighted by atomic mass is 16.5. The molecule has 1 saturated heterocycles. The van der Waals surface area contributed by atoms with Crippen molar-refractivity contribution in [2.75, 3.05) is 30.8 Å². The van der Waals surface area contributed by atoms with Gasteiger partial charge in [0, 0.05) is 13.1 Å². The molecule has 100 valence electrons. The highest BCUT2D eigenvalue weighted by Gasteiger charge is 2.29. The van der Waals surface area contributed by atoms with Crippen LogP contribution in [0.25, 0.3) is 0 Å². The molecule has 0 bridgehead atoms. The molecule has 1 aliphatic rings. The van der Waals surface area contributed by atoms with E-state index in [2.05, 4.69) is 33.7 Å². The SMILES string of the molecule is CCC1(C)CCN(c2nc(N)nc(OC)n2)CC1. The van der Waals surface area contributed by atoms with Gasteiger partial charge in [0.1, 0.15) is 0 Å². The first-order valence-corrected chi connectivity index (χ1v) is 6.37. The van der Waals surface area contributed by atoms with Crippen LogP contribution in [0.2, 0.25) is 0 Å². The molecule has 0 aromatic carbocycles. The molecule has 0 saturated carbocycles. The van der Waals surface area contributed by atoms with E-state index in [4.69, 9.17) is 10.5 Å². The number of hydrogen-bond donors (Lipinski definition) is 1. The number of nitrogen functional groups attached to an aromatic ring is 1. The molecule has 1 aliphatic heterocycles. The smallest absolute Gasteiger partial charge is 0.322 e. The molecule has 1 fully saturated rings. The Morgan fingerprint density at radius 3 is 2.50 bits per heavy atom. The summed E-state index contributed by atoms with van der Waals surface area (Å²) < 4.78 is 5.02. The highest BCUT2D eigenvalue weighted by molar-refractivity contribution is 5.36. The zero-order chi connectivity index (χ0) is 13.2. The van der Waals surface area contributed by atoms with Gasteiger partial charge >= 0.3 is 6.01 Å². The molecule has 18 heavy (non-hydrogen) atoms. The van der Waals surface area contributed by atoms with Gasteiger partial charge in [-0.15, -0.1) is 0 Å². The predicted molar refractivity (Wildman–Crippen MR) is 70.6 cm³/mol. The third-order valence-electron chi connectivity index (χ3n) is 3.91. The van der Waals surface area contributed by atoms with Crippen LogP contribution in [0.1, 0.15) is 33.1 Å². The lowest BCUT2D eigenvalue weighted by atomic mass is 9.78. The number of ether oxygens (including phenoxy) is 1. The summed E-state index contributed by atoms with van der Waals surface area (Å²) in [4.78, 5) is 14.5. The number of anilines is 2. The summed E-state index contributed by atoms with van der Waals surface area (Å²) in [6.45, 7) is 6.50. The van der Waals surface area contributed by atoms with Crippen LogP contribution in [0.15, 0.2) is 0 Å². The van der Waals surface area contributed by atoms with Gasteiger partial charge in [0.25, 0.3) is 0 Å². The first-order chi connectivity index (χ1) is 8.56. The number of rotatable bonds is 3. The van der Waals surface area contributed by atoms with Gasteiger partial charge in [0.15, 0.2) is 0 Å². The zero-order valence-electron chi connectivity index (χ0n) is 11.3. The minimum atomic E-state index is 0.209. The van der Waals surface area contributed by atoms with Crippen molar-refractivity contribution in [1.29, 1.82) is 0 Å². The molecule has 0 unspecified atom stereocenters. The first-order valence-electron chi connectivity index (χ1n) is 6.37. The summed E-state index contributed by atoms with van der Waals surface area (Å²) in [5.74, 6) is 0.832. The minimum Gasteiger partial charge on any atom is -0.467 e. The summed E-state index contributed by atoms with van der Waals surface area (Å²) in [6.07, 6.45) is 3.51. The van der Waals surface area contributed by atoms with Crippen molar-refractivity contribution < 1.29 is 4.74 Å². The fraction of sp³-hybridized carbons (Fsp3) is 0.750. The molecule has 0 radical (unpaired) electrons. The lowest BCUT2D eigenvalue weighted by molar-refractivity contribution is 0.237. The highest BCUT2D eigenvalue weighted by Crippen LogP contribution is 2.35. The van der Waals surface area contributed by atoms with Crippen LogP contribution < -0.4 is 15.4 Å². The molecule has 0 atom stereocenters. The van der Waals surface area contributed by atoms with Crippen LogP contribution in [0, 0.1) is 5.41 Å². The molecule has 6 nitrogen and oxygen atoms in total. The second-order valence-electron chi connectivity index (χ2n) is 5.13. The Hall–Kier alpha value is -1.59. The zero-order valence-corrected chi connectivity index (χ0v) is 11.3. The molecule has 0 spiro atoms. The van der Waals surface area contributed by atoms with Gasteiger partial charge in [0.2, 0.25) is 11.9 Å². The van der Waals surface area contributed by atoms with E-state index in [1.807, 2.05) is 0 Å². The molecule has 2 rings (SSSR count). The van der Waals surface area contributed by atoms with Gasteiger partial charge in [-0.25, -0.2) is 0 Å². The van der Waals surface area contributed by atoms with E-state index in [0.717, 1.165) is 25.9 Å². The summed E-state index contributed by atoms with van der Waals surface area (Å²) in [5.41, 5.74) is 6.10. The average Bonchev–Trinajstić information content (AvgIpc) is 2.39. The van der Waals surface area contributed by atoms with Crippen LogP contribution in [-0.2, 0) is 0 Å². The Balaban J connectivity index is 2.12. The second kappa shape index (κ2) is 4.96. The van der Waals surface area contributed by atoms with E-state index in [0.29, 0.717) is 11.4 Å². The second-order valence-corrected chi connectivity index (χ2v) is 5.13. The van der Waals surface area contributed by atoms with Crippen molar-refractivity contribution in [3.8, 4) is 6.01 Å². The molecule has 2 N–H and O–H groups in total.